The number of anilines is 1. The molecular formula is C38H47N3O3. The Balaban J connectivity index is 1.45. The van der Waals surface area contributed by atoms with Crippen molar-refractivity contribution < 1.29 is 14.3 Å². The molecule has 0 radical (unpaired) electrons. The molecule has 0 aliphatic heterocycles. The Kier molecular flexibility index (Phi) is 9.87. The summed E-state index contributed by atoms with van der Waals surface area (Å²) in [6, 6.07) is 22.3. The molecule has 3 aromatic carbocycles. The molecule has 232 valence electrons. The van der Waals surface area contributed by atoms with Crippen molar-refractivity contribution in [1.82, 2.24) is 9.55 Å². The summed E-state index contributed by atoms with van der Waals surface area (Å²) in [6.07, 6.45) is 9.28. The molecule has 44 heavy (non-hydrogen) atoms. The minimum atomic E-state index is -0.561. The van der Waals surface area contributed by atoms with E-state index in [9.17, 15) is 9.59 Å². The number of fused-ring (bicyclic) bond motifs is 1. The Morgan fingerprint density at radius 1 is 0.977 bits per heavy atom. The fourth-order valence-corrected chi connectivity index (χ4v) is 6.29. The lowest BCUT2D eigenvalue weighted by Crippen LogP contribution is -2.34. The van der Waals surface area contributed by atoms with E-state index in [2.05, 4.69) is 54.0 Å². The van der Waals surface area contributed by atoms with Gasteiger partial charge in [-0.15, -0.1) is 0 Å². The van der Waals surface area contributed by atoms with Crippen LogP contribution in [0.3, 0.4) is 0 Å². The molecule has 1 aliphatic carbocycles. The van der Waals surface area contributed by atoms with E-state index in [0.29, 0.717) is 18.0 Å². The van der Waals surface area contributed by atoms with E-state index >= 15 is 0 Å². The standard InChI is InChI=1S/C38H47N3O3/c1-6-7-17-36-39-34-23-22-31(40(27(2)42)25-28-13-9-8-10-14-28)24-35(34)41(36)26-29-18-20-30(21-19-29)32-15-11-12-16-33(32)37(43)44-38(3,4)5/h11-12,15-16,18-24,28H,6-10,13-14,17,25-26H2,1-5H3. The lowest BCUT2D eigenvalue weighted by molar-refractivity contribution is -0.116. The number of hydrogen-bond donors (Lipinski definition) is 0. The number of benzene rings is 3. The summed E-state index contributed by atoms with van der Waals surface area (Å²) in [6.45, 7) is 11.0. The Bertz CT molecular complexity index is 1590. The van der Waals surface area contributed by atoms with Gasteiger partial charge in [0.2, 0.25) is 5.91 Å². The Morgan fingerprint density at radius 3 is 2.39 bits per heavy atom. The van der Waals surface area contributed by atoms with Crippen LogP contribution in [0.1, 0.15) is 101 Å². The predicted octanol–water partition coefficient (Wildman–Crippen LogP) is 8.98. The van der Waals surface area contributed by atoms with Crippen LogP contribution in [-0.4, -0.2) is 33.6 Å². The summed E-state index contributed by atoms with van der Waals surface area (Å²) >= 11 is 0. The van der Waals surface area contributed by atoms with Crippen molar-refractivity contribution in [3.8, 4) is 11.1 Å². The first-order chi connectivity index (χ1) is 21.1. The van der Waals surface area contributed by atoms with Crippen LogP contribution in [0.5, 0.6) is 0 Å². The first kappa shape index (κ1) is 31.5. The smallest absolute Gasteiger partial charge is 0.339 e. The molecule has 0 bridgehead atoms. The molecule has 1 aromatic heterocycles. The number of aromatic nitrogens is 2. The fourth-order valence-electron chi connectivity index (χ4n) is 6.29. The normalized spacial score (nSPS) is 14.1. The Morgan fingerprint density at radius 2 is 1.70 bits per heavy atom. The molecule has 1 heterocycles. The summed E-state index contributed by atoms with van der Waals surface area (Å²) in [4.78, 5) is 32.8. The number of carbonyl (C=O) groups is 2. The highest BCUT2D eigenvalue weighted by Crippen LogP contribution is 2.30. The molecule has 0 unspecified atom stereocenters. The van der Waals surface area contributed by atoms with Crippen LogP contribution in [0, 0.1) is 5.92 Å². The zero-order valence-corrected chi connectivity index (χ0v) is 27.1. The van der Waals surface area contributed by atoms with Crippen LogP contribution < -0.4 is 4.90 Å². The molecule has 0 saturated heterocycles. The number of imidazole rings is 1. The maximum Gasteiger partial charge on any atom is 0.339 e. The van der Waals surface area contributed by atoms with Gasteiger partial charge in [0.05, 0.1) is 16.6 Å². The van der Waals surface area contributed by atoms with E-state index in [1.807, 2.05) is 49.9 Å². The molecule has 1 fully saturated rings. The number of ether oxygens (including phenoxy) is 1. The van der Waals surface area contributed by atoms with Crippen LogP contribution in [-0.2, 0) is 22.5 Å². The number of rotatable bonds is 10. The van der Waals surface area contributed by atoms with E-state index in [4.69, 9.17) is 9.72 Å². The maximum atomic E-state index is 13.0. The Labute approximate surface area is 262 Å². The molecule has 5 rings (SSSR count). The third-order valence-corrected chi connectivity index (χ3v) is 8.57. The second-order valence-electron chi connectivity index (χ2n) is 13.3. The molecule has 0 spiro atoms. The van der Waals surface area contributed by atoms with E-state index in [1.165, 1.54) is 32.1 Å². The lowest BCUT2D eigenvalue weighted by Gasteiger charge is -2.29. The zero-order valence-electron chi connectivity index (χ0n) is 27.1. The first-order valence-electron chi connectivity index (χ1n) is 16.3. The molecule has 0 atom stereocenters. The number of amides is 1. The van der Waals surface area contributed by atoms with Gasteiger partial charge >= 0.3 is 5.97 Å². The number of hydrogen-bond acceptors (Lipinski definition) is 4. The second-order valence-corrected chi connectivity index (χ2v) is 13.3. The Hall–Kier alpha value is -3.93. The number of nitrogens with zero attached hydrogens (tertiary/aromatic N) is 3. The van der Waals surface area contributed by atoms with Gasteiger partial charge in [0.25, 0.3) is 0 Å². The minimum Gasteiger partial charge on any atom is -0.456 e. The quantitative estimate of drug-likeness (QED) is 0.172. The summed E-state index contributed by atoms with van der Waals surface area (Å²) in [5.74, 6) is 1.41. The van der Waals surface area contributed by atoms with Crippen LogP contribution >= 0.6 is 0 Å². The number of carbonyl (C=O) groups excluding carboxylic acids is 2. The van der Waals surface area contributed by atoms with Gasteiger partial charge in [-0.2, -0.15) is 0 Å². The predicted molar refractivity (Wildman–Crippen MR) is 179 cm³/mol. The van der Waals surface area contributed by atoms with Crippen molar-refractivity contribution in [2.45, 2.75) is 98.1 Å². The van der Waals surface area contributed by atoms with Gasteiger partial charge in [0.15, 0.2) is 0 Å². The molecule has 6 heteroatoms. The van der Waals surface area contributed by atoms with Crippen molar-refractivity contribution in [3.63, 3.8) is 0 Å². The highest BCUT2D eigenvalue weighted by Gasteiger charge is 2.23. The van der Waals surface area contributed by atoms with Gasteiger partial charge in [0, 0.05) is 32.1 Å². The average Bonchev–Trinajstić information content (AvgIpc) is 3.34. The molecule has 6 nitrogen and oxygen atoms in total. The molecule has 1 aliphatic rings. The largest absolute Gasteiger partial charge is 0.456 e. The minimum absolute atomic E-state index is 0.0921. The van der Waals surface area contributed by atoms with Gasteiger partial charge in [-0.25, -0.2) is 9.78 Å². The molecule has 4 aromatic rings. The fraction of sp³-hybridized carbons (Fsp3) is 0.447. The average molecular weight is 594 g/mol. The summed E-state index contributed by atoms with van der Waals surface area (Å²) in [5, 5.41) is 0. The lowest BCUT2D eigenvalue weighted by atomic mass is 9.89. The topological polar surface area (TPSA) is 64.4 Å². The van der Waals surface area contributed by atoms with E-state index in [-0.39, 0.29) is 11.9 Å². The monoisotopic (exact) mass is 593 g/mol. The van der Waals surface area contributed by atoms with E-state index < -0.39 is 5.60 Å². The number of aryl methyl sites for hydroxylation is 1. The van der Waals surface area contributed by atoms with Gasteiger partial charge in [0.1, 0.15) is 11.4 Å². The van der Waals surface area contributed by atoms with E-state index in [0.717, 1.165) is 65.0 Å². The van der Waals surface area contributed by atoms with E-state index in [1.54, 1.807) is 6.92 Å². The molecule has 0 N–H and O–H groups in total. The molecular weight excluding hydrogens is 546 g/mol. The van der Waals surface area contributed by atoms with Crippen LogP contribution in [0.25, 0.3) is 22.2 Å². The number of unbranched alkanes of at least 4 members (excludes halogenated alkanes) is 1. The van der Waals surface area contributed by atoms with Crippen LogP contribution in [0.4, 0.5) is 5.69 Å². The highest BCUT2D eigenvalue weighted by atomic mass is 16.6. The van der Waals surface area contributed by atoms with Gasteiger partial charge < -0.3 is 14.2 Å². The third kappa shape index (κ3) is 7.58. The molecule has 1 amide bonds. The zero-order chi connectivity index (χ0) is 31.3. The second kappa shape index (κ2) is 13.8. The van der Waals surface area contributed by atoms with Crippen molar-refractivity contribution >= 4 is 28.6 Å². The SMILES string of the molecule is CCCCc1nc2ccc(N(CC3CCCCC3)C(C)=O)cc2n1Cc1ccc(-c2ccccc2C(=O)OC(C)(C)C)cc1. The third-order valence-electron chi connectivity index (χ3n) is 8.57. The first-order valence-corrected chi connectivity index (χ1v) is 16.3. The maximum absolute atomic E-state index is 13.0. The van der Waals surface area contributed by atoms with Crippen molar-refractivity contribution in [2.75, 3.05) is 11.4 Å². The van der Waals surface area contributed by atoms with Gasteiger partial charge in [-0.1, -0.05) is 75.1 Å². The van der Waals surface area contributed by atoms with Gasteiger partial charge in [-0.3, -0.25) is 4.79 Å². The van der Waals surface area contributed by atoms with Crippen LogP contribution in [0.15, 0.2) is 66.7 Å². The highest BCUT2D eigenvalue weighted by molar-refractivity contribution is 5.97. The van der Waals surface area contributed by atoms with Crippen molar-refractivity contribution in [2.24, 2.45) is 5.92 Å². The molecule has 1 saturated carbocycles. The summed E-state index contributed by atoms with van der Waals surface area (Å²) in [7, 11) is 0. The number of esters is 1. The van der Waals surface area contributed by atoms with Crippen molar-refractivity contribution in [1.29, 1.82) is 0 Å². The summed E-state index contributed by atoms with van der Waals surface area (Å²) < 4.78 is 7.99. The van der Waals surface area contributed by atoms with Gasteiger partial charge in [-0.05, 0) is 86.9 Å². The summed E-state index contributed by atoms with van der Waals surface area (Å²) in [5.41, 5.74) is 5.95. The van der Waals surface area contributed by atoms with Crippen LogP contribution in [0.2, 0.25) is 0 Å². The van der Waals surface area contributed by atoms with Crippen molar-refractivity contribution in [3.05, 3.63) is 83.7 Å².